The van der Waals surface area contributed by atoms with Crippen molar-refractivity contribution in [1.29, 1.82) is 0 Å². The number of thioether (sulfide) groups is 1. The lowest BCUT2D eigenvalue weighted by atomic mass is 10.0. The lowest BCUT2D eigenvalue weighted by molar-refractivity contribution is 0.514. The van der Waals surface area contributed by atoms with Crippen LogP contribution in [0.5, 0.6) is 0 Å². The molecule has 0 radical (unpaired) electrons. The molecule has 0 spiro atoms. The number of benzene rings is 1. The molecule has 1 aromatic rings. The molecule has 0 amide bonds. The van der Waals surface area contributed by atoms with Gasteiger partial charge in [0.05, 0.1) is 5.69 Å². The van der Waals surface area contributed by atoms with Crippen LogP contribution in [0.2, 0.25) is 0 Å². The minimum absolute atomic E-state index is 0.227. The van der Waals surface area contributed by atoms with E-state index in [9.17, 15) is 4.39 Å². The Kier molecular flexibility index (Phi) is 4.83. The number of anilines is 1. The predicted molar refractivity (Wildman–Crippen MR) is 80.8 cm³/mol. The Morgan fingerprint density at radius 1 is 1.44 bits per heavy atom. The number of thiocarbonyl (C=S) groups is 1. The van der Waals surface area contributed by atoms with E-state index in [1.807, 2.05) is 11.8 Å². The summed E-state index contributed by atoms with van der Waals surface area (Å²) in [5.41, 5.74) is 6.57. The molecule has 2 nitrogen and oxygen atoms in total. The molecule has 1 heterocycles. The van der Waals surface area contributed by atoms with Crippen molar-refractivity contribution in [3.63, 3.8) is 0 Å². The summed E-state index contributed by atoms with van der Waals surface area (Å²) in [6.45, 7) is 0.837. The quantitative estimate of drug-likeness (QED) is 0.834. The third kappa shape index (κ3) is 3.59. The maximum atomic E-state index is 13.8. The SMILES string of the molecule is NC(=S)c1ccc(NCC2CCSCC2)c(F)c1. The summed E-state index contributed by atoms with van der Waals surface area (Å²) in [5.74, 6) is 2.80. The predicted octanol–water partition coefficient (Wildman–Crippen LogP) is 3.02. The van der Waals surface area contributed by atoms with E-state index in [-0.39, 0.29) is 10.8 Å². The molecule has 5 heteroatoms. The highest BCUT2D eigenvalue weighted by atomic mass is 32.2. The number of nitrogens with two attached hydrogens (primary N) is 1. The highest BCUT2D eigenvalue weighted by Gasteiger charge is 2.14. The van der Waals surface area contributed by atoms with Crippen molar-refractivity contribution < 1.29 is 4.39 Å². The summed E-state index contributed by atoms with van der Waals surface area (Å²) >= 11 is 6.82. The molecule has 1 fully saturated rings. The van der Waals surface area contributed by atoms with Gasteiger partial charge < -0.3 is 11.1 Å². The average Bonchev–Trinajstić information content (AvgIpc) is 2.38. The minimum atomic E-state index is -0.287. The molecule has 2 rings (SSSR count). The van der Waals surface area contributed by atoms with Crippen molar-refractivity contribution >= 4 is 34.7 Å². The van der Waals surface area contributed by atoms with Gasteiger partial charge in [-0.3, -0.25) is 0 Å². The van der Waals surface area contributed by atoms with Gasteiger partial charge in [0.15, 0.2) is 0 Å². The molecule has 0 atom stereocenters. The van der Waals surface area contributed by atoms with Gasteiger partial charge >= 0.3 is 0 Å². The fourth-order valence-electron chi connectivity index (χ4n) is 2.02. The lowest BCUT2D eigenvalue weighted by Gasteiger charge is -2.22. The van der Waals surface area contributed by atoms with E-state index < -0.39 is 0 Å². The third-order valence-electron chi connectivity index (χ3n) is 3.18. The molecule has 98 valence electrons. The molecular formula is C13H17FN2S2. The first-order valence-corrected chi connectivity index (χ1v) is 7.64. The topological polar surface area (TPSA) is 38.0 Å². The fourth-order valence-corrected chi connectivity index (χ4v) is 3.35. The second-order valence-corrected chi connectivity index (χ2v) is 6.16. The van der Waals surface area contributed by atoms with E-state index >= 15 is 0 Å². The van der Waals surface area contributed by atoms with Crippen LogP contribution in [0, 0.1) is 11.7 Å². The van der Waals surface area contributed by atoms with Crippen molar-refractivity contribution in [3.05, 3.63) is 29.6 Å². The zero-order chi connectivity index (χ0) is 13.0. The van der Waals surface area contributed by atoms with E-state index in [0.717, 1.165) is 6.54 Å². The first-order chi connectivity index (χ1) is 8.66. The van der Waals surface area contributed by atoms with E-state index in [1.54, 1.807) is 12.1 Å². The van der Waals surface area contributed by atoms with Gasteiger partial charge in [-0.15, -0.1) is 0 Å². The van der Waals surface area contributed by atoms with Gasteiger partial charge in [-0.1, -0.05) is 12.2 Å². The molecule has 1 aliphatic rings. The van der Waals surface area contributed by atoms with Crippen LogP contribution in [0.15, 0.2) is 18.2 Å². The molecule has 18 heavy (non-hydrogen) atoms. The van der Waals surface area contributed by atoms with Gasteiger partial charge in [-0.05, 0) is 48.5 Å². The normalized spacial score (nSPS) is 16.5. The maximum absolute atomic E-state index is 13.8. The number of nitrogens with one attached hydrogen (secondary N) is 1. The Labute approximate surface area is 117 Å². The van der Waals surface area contributed by atoms with Crippen LogP contribution in [0.25, 0.3) is 0 Å². The highest BCUT2D eigenvalue weighted by molar-refractivity contribution is 7.99. The van der Waals surface area contributed by atoms with E-state index in [4.69, 9.17) is 18.0 Å². The van der Waals surface area contributed by atoms with Crippen molar-refractivity contribution in [2.45, 2.75) is 12.8 Å². The van der Waals surface area contributed by atoms with Gasteiger partial charge in [0, 0.05) is 12.1 Å². The largest absolute Gasteiger partial charge is 0.389 e. The summed E-state index contributed by atoms with van der Waals surface area (Å²) in [6.07, 6.45) is 2.43. The van der Waals surface area contributed by atoms with Crippen LogP contribution >= 0.6 is 24.0 Å². The van der Waals surface area contributed by atoms with E-state index in [0.29, 0.717) is 17.2 Å². The first kappa shape index (κ1) is 13.6. The molecule has 0 bridgehead atoms. The first-order valence-electron chi connectivity index (χ1n) is 6.08. The van der Waals surface area contributed by atoms with E-state index in [1.165, 1.54) is 30.4 Å². The van der Waals surface area contributed by atoms with Crippen LogP contribution in [-0.4, -0.2) is 23.0 Å². The smallest absolute Gasteiger partial charge is 0.146 e. The average molecular weight is 284 g/mol. The number of hydrogen-bond donors (Lipinski definition) is 2. The van der Waals surface area contributed by atoms with E-state index in [2.05, 4.69) is 5.32 Å². The molecule has 1 aromatic carbocycles. The van der Waals surface area contributed by atoms with Crippen molar-refractivity contribution in [1.82, 2.24) is 0 Å². The van der Waals surface area contributed by atoms with Gasteiger partial charge in [0.1, 0.15) is 10.8 Å². The van der Waals surface area contributed by atoms with Crippen molar-refractivity contribution in [2.24, 2.45) is 11.7 Å². The van der Waals surface area contributed by atoms with Crippen molar-refractivity contribution in [3.8, 4) is 0 Å². The van der Waals surface area contributed by atoms with Gasteiger partial charge in [-0.2, -0.15) is 11.8 Å². The lowest BCUT2D eigenvalue weighted by Crippen LogP contribution is -2.19. The van der Waals surface area contributed by atoms with Crippen LogP contribution in [0.4, 0.5) is 10.1 Å². The van der Waals surface area contributed by atoms with Crippen LogP contribution in [-0.2, 0) is 0 Å². The Bertz CT molecular complexity index is 431. The number of rotatable bonds is 4. The summed E-state index contributed by atoms with van der Waals surface area (Å²) in [4.78, 5) is 0.227. The van der Waals surface area contributed by atoms with Gasteiger partial charge in [0.25, 0.3) is 0 Å². The zero-order valence-corrected chi connectivity index (χ0v) is 11.7. The maximum Gasteiger partial charge on any atom is 0.146 e. The highest BCUT2D eigenvalue weighted by Crippen LogP contribution is 2.24. The summed E-state index contributed by atoms with van der Waals surface area (Å²) in [7, 11) is 0. The van der Waals surface area contributed by atoms with Crippen molar-refractivity contribution in [2.75, 3.05) is 23.4 Å². The standard InChI is InChI=1S/C13H17FN2S2/c14-11-7-10(13(15)17)1-2-12(11)16-8-9-3-5-18-6-4-9/h1-2,7,9,16H,3-6,8H2,(H2,15,17). The molecule has 3 N–H and O–H groups in total. The monoisotopic (exact) mass is 284 g/mol. The second kappa shape index (κ2) is 6.38. The van der Waals surface area contributed by atoms with Crippen LogP contribution in [0.1, 0.15) is 18.4 Å². The molecule has 0 aliphatic carbocycles. The minimum Gasteiger partial charge on any atom is -0.389 e. The summed E-state index contributed by atoms with van der Waals surface area (Å²) in [5, 5.41) is 3.18. The molecular weight excluding hydrogens is 267 g/mol. The van der Waals surface area contributed by atoms with Gasteiger partial charge in [0.2, 0.25) is 0 Å². The Balaban J connectivity index is 1.94. The fraction of sp³-hybridized carbons (Fsp3) is 0.462. The Morgan fingerprint density at radius 3 is 2.78 bits per heavy atom. The molecule has 0 unspecified atom stereocenters. The molecule has 1 saturated heterocycles. The third-order valence-corrected chi connectivity index (χ3v) is 4.46. The molecule has 0 saturated carbocycles. The number of hydrogen-bond acceptors (Lipinski definition) is 3. The second-order valence-electron chi connectivity index (χ2n) is 4.50. The zero-order valence-electron chi connectivity index (χ0n) is 10.1. The molecule has 1 aliphatic heterocycles. The summed E-state index contributed by atoms with van der Waals surface area (Å²) in [6, 6.07) is 4.85. The van der Waals surface area contributed by atoms with Gasteiger partial charge in [-0.25, -0.2) is 4.39 Å². The molecule has 0 aromatic heterocycles. The summed E-state index contributed by atoms with van der Waals surface area (Å²) < 4.78 is 13.8. The number of halogens is 1. The van der Waals surface area contributed by atoms with Crippen LogP contribution in [0.3, 0.4) is 0 Å². The Hall–Kier alpha value is -0.810. The van der Waals surface area contributed by atoms with Crippen LogP contribution < -0.4 is 11.1 Å². The Morgan fingerprint density at radius 2 is 2.17 bits per heavy atom.